The van der Waals surface area contributed by atoms with Crippen LogP contribution in [0, 0.1) is 0 Å². The summed E-state index contributed by atoms with van der Waals surface area (Å²) in [5.74, 6) is -0.456. The third kappa shape index (κ3) is 5.69. The zero-order valence-corrected chi connectivity index (χ0v) is 16.9. The molecule has 3 rings (SSSR count). The molecule has 0 aromatic heterocycles. The monoisotopic (exact) mass is 406 g/mol. The van der Waals surface area contributed by atoms with E-state index in [-0.39, 0.29) is 24.3 Å². The van der Waals surface area contributed by atoms with Crippen molar-refractivity contribution < 1.29 is 9.59 Å². The lowest BCUT2D eigenvalue weighted by atomic mass is 10.0. The van der Waals surface area contributed by atoms with E-state index in [9.17, 15) is 9.59 Å². The van der Waals surface area contributed by atoms with Crippen molar-refractivity contribution in [3.05, 3.63) is 107 Å². The van der Waals surface area contributed by atoms with E-state index in [2.05, 4.69) is 10.6 Å². The number of nitrogens with one attached hydrogen (secondary N) is 2. The van der Waals surface area contributed by atoms with E-state index in [1.807, 2.05) is 67.6 Å². The quantitative estimate of drug-likeness (QED) is 0.575. The molecule has 0 unspecified atom stereocenters. The van der Waals surface area contributed by atoms with Crippen molar-refractivity contribution in [1.29, 1.82) is 0 Å². The Morgan fingerprint density at radius 2 is 1.34 bits per heavy atom. The minimum absolute atomic E-state index is 0.122. The Morgan fingerprint density at radius 3 is 1.97 bits per heavy atom. The fraction of sp³-hybridized carbons (Fsp3) is 0.167. The summed E-state index contributed by atoms with van der Waals surface area (Å²) in [6.45, 7) is 1.94. The molecule has 0 heterocycles. The summed E-state index contributed by atoms with van der Waals surface area (Å²) in [7, 11) is 0. The van der Waals surface area contributed by atoms with Gasteiger partial charge < -0.3 is 10.6 Å². The summed E-state index contributed by atoms with van der Waals surface area (Å²) in [4.78, 5) is 25.5. The first-order valence-electron chi connectivity index (χ1n) is 9.49. The molecule has 0 saturated carbocycles. The van der Waals surface area contributed by atoms with Crippen LogP contribution >= 0.6 is 11.6 Å². The van der Waals surface area contributed by atoms with Crippen LogP contribution in [0.1, 0.15) is 46.9 Å². The van der Waals surface area contributed by atoms with Crippen molar-refractivity contribution in [3.8, 4) is 0 Å². The van der Waals surface area contributed by atoms with Crippen LogP contribution in [0.2, 0.25) is 5.02 Å². The third-order valence-electron chi connectivity index (χ3n) is 4.69. The normalized spacial score (nSPS) is 12.6. The largest absolute Gasteiger partial charge is 0.350 e. The van der Waals surface area contributed by atoms with Gasteiger partial charge in [0, 0.05) is 0 Å². The number of halogens is 1. The molecule has 2 amide bonds. The summed E-state index contributed by atoms with van der Waals surface area (Å²) < 4.78 is 0. The van der Waals surface area contributed by atoms with Gasteiger partial charge >= 0.3 is 0 Å². The highest BCUT2D eigenvalue weighted by Crippen LogP contribution is 2.21. The Labute approximate surface area is 175 Å². The van der Waals surface area contributed by atoms with Crippen LogP contribution in [-0.4, -0.2) is 11.8 Å². The average molecular weight is 407 g/mol. The van der Waals surface area contributed by atoms with Crippen molar-refractivity contribution in [2.24, 2.45) is 0 Å². The van der Waals surface area contributed by atoms with Crippen LogP contribution in [0.3, 0.4) is 0 Å². The van der Waals surface area contributed by atoms with Gasteiger partial charge in [-0.2, -0.15) is 0 Å². The van der Waals surface area contributed by atoms with E-state index in [0.29, 0.717) is 10.6 Å². The molecule has 148 valence electrons. The molecule has 4 nitrogen and oxygen atoms in total. The molecule has 3 aromatic carbocycles. The first-order valence-corrected chi connectivity index (χ1v) is 9.87. The lowest BCUT2D eigenvalue weighted by Crippen LogP contribution is -2.34. The van der Waals surface area contributed by atoms with Crippen LogP contribution in [0.25, 0.3) is 0 Å². The van der Waals surface area contributed by atoms with E-state index < -0.39 is 6.04 Å². The summed E-state index contributed by atoms with van der Waals surface area (Å²) in [5, 5.41) is 6.33. The molecule has 2 N–H and O–H groups in total. The molecule has 29 heavy (non-hydrogen) atoms. The Bertz CT molecular complexity index is 961. The van der Waals surface area contributed by atoms with Gasteiger partial charge in [0.05, 0.1) is 29.1 Å². The van der Waals surface area contributed by atoms with E-state index in [1.54, 1.807) is 24.3 Å². The van der Waals surface area contributed by atoms with Gasteiger partial charge in [-0.1, -0.05) is 84.4 Å². The maximum atomic E-state index is 12.7. The smallest absolute Gasteiger partial charge is 0.253 e. The second-order valence-electron chi connectivity index (χ2n) is 6.82. The summed E-state index contributed by atoms with van der Waals surface area (Å²) in [5.41, 5.74) is 2.26. The Hall–Kier alpha value is -3.11. The van der Waals surface area contributed by atoms with Crippen molar-refractivity contribution in [3.63, 3.8) is 0 Å². The summed E-state index contributed by atoms with van der Waals surface area (Å²) in [6, 6.07) is 25.5. The van der Waals surface area contributed by atoms with Crippen molar-refractivity contribution in [2.45, 2.75) is 25.4 Å². The number of rotatable bonds is 7. The fourth-order valence-corrected chi connectivity index (χ4v) is 3.35. The highest BCUT2D eigenvalue weighted by molar-refractivity contribution is 6.33. The Kier molecular flexibility index (Phi) is 7.04. The number of hydrogen-bond acceptors (Lipinski definition) is 2. The topological polar surface area (TPSA) is 58.2 Å². The molecule has 2 atom stereocenters. The van der Waals surface area contributed by atoms with Gasteiger partial charge in [-0.15, -0.1) is 0 Å². The van der Waals surface area contributed by atoms with E-state index in [1.165, 1.54) is 0 Å². The number of hydrogen-bond donors (Lipinski definition) is 2. The lowest BCUT2D eigenvalue weighted by Gasteiger charge is -2.21. The first-order chi connectivity index (χ1) is 14.0. The van der Waals surface area contributed by atoms with Crippen molar-refractivity contribution in [2.75, 3.05) is 0 Å². The minimum Gasteiger partial charge on any atom is -0.350 e. The van der Waals surface area contributed by atoms with Crippen molar-refractivity contribution >= 4 is 23.4 Å². The lowest BCUT2D eigenvalue weighted by molar-refractivity contribution is -0.122. The predicted molar refractivity (Wildman–Crippen MR) is 116 cm³/mol. The van der Waals surface area contributed by atoms with Gasteiger partial charge in [0.15, 0.2) is 0 Å². The molecule has 0 fully saturated rings. The molecule has 3 aromatic rings. The van der Waals surface area contributed by atoms with Gasteiger partial charge in [-0.3, -0.25) is 9.59 Å². The second kappa shape index (κ2) is 9.89. The first kappa shape index (κ1) is 20.6. The van der Waals surface area contributed by atoms with E-state index in [0.717, 1.165) is 11.1 Å². The molecule has 0 aliphatic rings. The Balaban J connectivity index is 1.73. The predicted octanol–water partition coefficient (Wildman–Crippen LogP) is 5.08. The number of carbonyl (C=O) groups is 2. The van der Waals surface area contributed by atoms with Crippen LogP contribution in [0.15, 0.2) is 84.9 Å². The standard InChI is InChI=1S/C24H23ClN2O2/c1-17(18-10-4-2-5-11-18)26-23(28)16-22(19-12-6-3-7-13-19)27-24(29)20-14-8-9-15-21(20)25/h2-15,17,22H,16H2,1H3,(H,26,28)(H,27,29)/t17-,22-/m0/s1. The SMILES string of the molecule is C[C@H](NC(=O)C[C@H](NC(=O)c1ccccc1Cl)c1ccccc1)c1ccccc1. The van der Waals surface area contributed by atoms with Gasteiger partial charge in [0.1, 0.15) is 0 Å². The maximum Gasteiger partial charge on any atom is 0.253 e. The Morgan fingerprint density at radius 1 is 0.793 bits per heavy atom. The number of amides is 2. The summed E-state index contributed by atoms with van der Waals surface area (Å²) >= 11 is 6.15. The van der Waals surface area contributed by atoms with Crippen LogP contribution in [-0.2, 0) is 4.79 Å². The van der Waals surface area contributed by atoms with Crippen molar-refractivity contribution in [1.82, 2.24) is 10.6 Å². The molecule has 0 radical (unpaired) electrons. The molecule has 0 saturated heterocycles. The second-order valence-corrected chi connectivity index (χ2v) is 7.23. The number of benzene rings is 3. The number of carbonyl (C=O) groups excluding carboxylic acids is 2. The fourth-order valence-electron chi connectivity index (χ4n) is 3.13. The average Bonchev–Trinajstić information content (AvgIpc) is 2.74. The van der Waals surface area contributed by atoms with Crippen LogP contribution < -0.4 is 10.6 Å². The molecule has 0 aliphatic heterocycles. The minimum atomic E-state index is -0.469. The molecule has 5 heteroatoms. The zero-order chi connectivity index (χ0) is 20.6. The third-order valence-corrected chi connectivity index (χ3v) is 5.02. The maximum absolute atomic E-state index is 12.7. The highest BCUT2D eigenvalue weighted by atomic mass is 35.5. The molecular formula is C24H23ClN2O2. The van der Waals surface area contributed by atoms with Crippen LogP contribution in [0.4, 0.5) is 0 Å². The van der Waals surface area contributed by atoms with Gasteiger partial charge in [-0.05, 0) is 30.2 Å². The molecule has 0 bridgehead atoms. The summed E-state index contributed by atoms with van der Waals surface area (Å²) in [6.07, 6.45) is 0.122. The van der Waals surface area contributed by atoms with Gasteiger partial charge in [-0.25, -0.2) is 0 Å². The van der Waals surface area contributed by atoms with E-state index >= 15 is 0 Å². The van der Waals surface area contributed by atoms with Gasteiger partial charge in [0.2, 0.25) is 5.91 Å². The van der Waals surface area contributed by atoms with Gasteiger partial charge in [0.25, 0.3) is 5.91 Å². The highest BCUT2D eigenvalue weighted by Gasteiger charge is 2.21. The zero-order valence-electron chi connectivity index (χ0n) is 16.1. The van der Waals surface area contributed by atoms with Crippen LogP contribution in [0.5, 0.6) is 0 Å². The molecule has 0 spiro atoms. The molecular weight excluding hydrogens is 384 g/mol. The van der Waals surface area contributed by atoms with E-state index in [4.69, 9.17) is 11.6 Å². The molecule has 0 aliphatic carbocycles.